The number of hydrogen-bond acceptors (Lipinski definition) is 6. The van der Waals surface area contributed by atoms with Crippen LogP contribution in [0.4, 0.5) is 0 Å². The van der Waals surface area contributed by atoms with Crippen molar-refractivity contribution >= 4 is 17.9 Å². The number of ether oxygens (including phenoxy) is 3. The number of esters is 3. The Hall–Kier alpha value is -1.85. The van der Waals surface area contributed by atoms with Gasteiger partial charge in [0, 0.05) is 19.3 Å². The Morgan fingerprint density at radius 3 is 0.708 bits per heavy atom. The lowest BCUT2D eigenvalue weighted by Crippen LogP contribution is -2.30. The van der Waals surface area contributed by atoms with E-state index in [2.05, 4.69) is 32.9 Å². The van der Waals surface area contributed by atoms with E-state index in [1.54, 1.807) is 0 Å². The van der Waals surface area contributed by atoms with Crippen LogP contribution in [0.5, 0.6) is 0 Å². The van der Waals surface area contributed by atoms with E-state index < -0.39 is 6.10 Å². The number of hydrogen-bond donors (Lipinski definition) is 0. The van der Waals surface area contributed by atoms with E-state index >= 15 is 0 Å². The van der Waals surface area contributed by atoms with Crippen LogP contribution < -0.4 is 0 Å². The number of carbonyl (C=O) groups is 3. The number of carbonyl (C=O) groups excluding carboxylic acids is 3. The molecule has 0 aromatic rings. The zero-order valence-electron chi connectivity index (χ0n) is 49.0. The fourth-order valence-corrected chi connectivity index (χ4v) is 10.1. The van der Waals surface area contributed by atoms with Crippen LogP contribution >= 0.6 is 0 Å². The van der Waals surface area contributed by atoms with Crippen LogP contribution in [-0.4, -0.2) is 37.2 Å². The van der Waals surface area contributed by atoms with E-state index in [0.29, 0.717) is 19.3 Å². The van der Waals surface area contributed by atoms with Crippen LogP contribution in [0.2, 0.25) is 0 Å². The van der Waals surface area contributed by atoms with Gasteiger partial charge in [-0.05, 0) is 44.9 Å². The predicted octanol–water partition coefficient (Wildman–Crippen LogP) is 22.1. The molecule has 0 aromatic heterocycles. The number of rotatable bonds is 61. The first-order valence-electron chi connectivity index (χ1n) is 32.7. The minimum Gasteiger partial charge on any atom is -0.462 e. The third kappa shape index (κ3) is 59.0. The smallest absolute Gasteiger partial charge is 0.306 e. The molecule has 0 saturated heterocycles. The third-order valence-corrected chi connectivity index (χ3v) is 15.0. The highest BCUT2D eigenvalue weighted by Crippen LogP contribution is 2.18. The van der Waals surface area contributed by atoms with Crippen molar-refractivity contribution in [1.29, 1.82) is 0 Å². The van der Waals surface area contributed by atoms with Gasteiger partial charge in [0.1, 0.15) is 13.2 Å². The van der Waals surface area contributed by atoms with Crippen molar-refractivity contribution in [3.63, 3.8) is 0 Å². The lowest BCUT2D eigenvalue weighted by atomic mass is 10.0. The van der Waals surface area contributed by atoms with Crippen LogP contribution in [0.3, 0.4) is 0 Å². The Morgan fingerprint density at radius 1 is 0.264 bits per heavy atom. The standard InChI is InChI=1S/C66H126O6/c1-4-7-10-13-16-19-21-23-24-25-26-27-28-29-30-31-32-33-34-35-36-37-38-39-40-41-43-44-47-50-53-56-59-65(68)71-62-63(61-70-64(67)58-55-52-49-46-18-15-12-9-6-3)72-66(69)60-57-54-51-48-45-42-22-20-17-14-11-8-5-2/h20,22,63H,4-19,21,23-62H2,1-3H3/b22-20-. The molecule has 0 radical (unpaired) electrons. The summed E-state index contributed by atoms with van der Waals surface area (Å²) in [6.07, 6.45) is 72.6. The van der Waals surface area contributed by atoms with Crippen molar-refractivity contribution in [2.24, 2.45) is 0 Å². The molecule has 1 unspecified atom stereocenters. The summed E-state index contributed by atoms with van der Waals surface area (Å²) in [6.45, 7) is 6.66. The summed E-state index contributed by atoms with van der Waals surface area (Å²) in [7, 11) is 0. The van der Waals surface area contributed by atoms with Crippen molar-refractivity contribution in [3.8, 4) is 0 Å². The van der Waals surface area contributed by atoms with Gasteiger partial charge in [0.05, 0.1) is 0 Å². The van der Waals surface area contributed by atoms with Crippen LogP contribution in [-0.2, 0) is 28.6 Å². The Balaban J connectivity index is 3.96. The van der Waals surface area contributed by atoms with Gasteiger partial charge < -0.3 is 14.2 Å². The fourth-order valence-electron chi connectivity index (χ4n) is 10.1. The fraction of sp³-hybridized carbons (Fsp3) is 0.924. The normalized spacial score (nSPS) is 12.0. The molecule has 0 fully saturated rings. The van der Waals surface area contributed by atoms with Gasteiger partial charge in [-0.15, -0.1) is 0 Å². The van der Waals surface area contributed by atoms with E-state index in [9.17, 15) is 14.4 Å². The molecular formula is C66H126O6. The second-order valence-electron chi connectivity index (χ2n) is 22.4. The van der Waals surface area contributed by atoms with Crippen molar-refractivity contribution in [1.82, 2.24) is 0 Å². The first-order valence-corrected chi connectivity index (χ1v) is 32.7. The van der Waals surface area contributed by atoms with Gasteiger partial charge in [-0.2, -0.15) is 0 Å². The SMILES string of the molecule is CCCCCC/C=C\CCCCCCCC(=O)OC(COC(=O)CCCCCCCCCCC)COC(=O)CCCCCCCCCCCCCCCCCCCCCCCCCCCCCCCCCC. The first-order chi connectivity index (χ1) is 35.5. The van der Waals surface area contributed by atoms with Crippen LogP contribution in [0.1, 0.15) is 374 Å². The molecule has 0 spiro atoms. The van der Waals surface area contributed by atoms with Crippen LogP contribution in [0, 0.1) is 0 Å². The molecule has 6 heteroatoms. The monoisotopic (exact) mass is 1010 g/mol. The molecule has 0 bridgehead atoms. The molecule has 0 amide bonds. The topological polar surface area (TPSA) is 78.9 Å². The van der Waals surface area contributed by atoms with Gasteiger partial charge in [-0.1, -0.05) is 322 Å². The zero-order chi connectivity index (χ0) is 52.2. The second kappa shape index (κ2) is 61.7. The second-order valence-corrected chi connectivity index (χ2v) is 22.4. The summed E-state index contributed by atoms with van der Waals surface area (Å²) in [5.74, 6) is -0.856. The molecule has 0 aliphatic rings. The third-order valence-electron chi connectivity index (χ3n) is 15.0. The van der Waals surface area contributed by atoms with Gasteiger partial charge in [-0.25, -0.2) is 0 Å². The molecule has 0 aromatic carbocycles. The summed E-state index contributed by atoms with van der Waals surface area (Å²) >= 11 is 0. The minimum atomic E-state index is -0.768. The molecule has 0 aliphatic heterocycles. The molecule has 0 N–H and O–H groups in total. The molecule has 0 saturated carbocycles. The van der Waals surface area contributed by atoms with E-state index in [0.717, 1.165) is 64.2 Å². The molecule has 0 aliphatic carbocycles. The van der Waals surface area contributed by atoms with Crippen molar-refractivity contribution in [3.05, 3.63) is 12.2 Å². The highest BCUT2D eigenvalue weighted by molar-refractivity contribution is 5.71. The summed E-state index contributed by atoms with van der Waals surface area (Å²) in [6, 6.07) is 0. The maximum Gasteiger partial charge on any atom is 0.306 e. The van der Waals surface area contributed by atoms with E-state index in [4.69, 9.17) is 14.2 Å². The predicted molar refractivity (Wildman–Crippen MR) is 312 cm³/mol. The van der Waals surface area contributed by atoms with Crippen LogP contribution in [0.15, 0.2) is 12.2 Å². The summed E-state index contributed by atoms with van der Waals surface area (Å²) < 4.78 is 16.8. The average molecular weight is 1020 g/mol. The number of allylic oxidation sites excluding steroid dienone is 2. The minimum absolute atomic E-state index is 0.0678. The first kappa shape index (κ1) is 70.1. The average Bonchev–Trinajstić information content (AvgIpc) is 3.38. The van der Waals surface area contributed by atoms with Gasteiger partial charge in [0.2, 0.25) is 0 Å². The molecule has 426 valence electrons. The van der Waals surface area contributed by atoms with E-state index in [1.165, 1.54) is 270 Å². The highest BCUT2D eigenvalue weighted by atomic mass is 16.6. The Morgan fingerprint density at radius 2 is 0.458 bits per heavy atom. The van der Waals surface area contributed by atoms with Crippen molar-refractivity contribution in [2.45, 2.75) is 380 Å². The quantitative estimate of drug-likeness (QED) is 0.0261. The lowest BCUT2D eigenvalue weighted by Gasteiger charge is -2.18. The van der Waals surface area contributed by atoms with Crippen LogP contribution in [0.25, 0.3) is 0 Å². The Kier molecular flexibility index (Phi) is 60.1. The molecule has 6 nitrogen and oxygen atoms in total. The van der Waals surface area contributed by atoms with Gasteiger partial charge >= 0.3 is 17.9 Å². The molecule has 0 heterocycles. The highest BCUT2D eigenvalue weighted by Gasteiger charge is 2.19. The summed E-state index contributed by atoms with van der Waals surface area (Å²) in [4.78, 5) is 38.0. The van der Waals surface area contributed by atoms with Gasteiger partial charge in [0.15, 0.2) is 6.10 Å². The maximum absolute atomic E-state index is 12.8. The van der Waals surface area contributed by atoms with Crippen molar-refractivity contribution in [2.75, 3.05) is 13.2 Å². The molecule has 0 rings (SSSR count). The molecular weight excluding hydrogens is 889 g/mol. The Bertz CT molecular complexity index is 1120. The van der Waals surface area contributed by atoms with Crippen molar-refractivity contribution < 1.29 is 28.6 Å². The molecule has 72 heavy (non-hydrogen) atoms. The Labute approximate surface area is 450 Å². The van der Waals surface area contributed by atoms with E-state index in [1.807, 2.05) is 0 Å². The van der Waals surface area contributed by atoms with Gasteiger partial charge in [0.25, 0.3) is 0 Å². The van der Waals surface area contributed by atoms with Gasteiger partial charge in [-0.3, -0.25) is 14.4 Å². The summed E-state index contributed by atoms with van der Waals surface area (Å²) in [5, 5.41) is 0. The maximum atomic E-state index is 12.8. The summed E-state index contributed by atoms with van der Waals surface area (Å²) in [5.41, 5.74) is 0. The number of unbranched alkanes of at least 4 members (excludes halogenated alkanes) is 48. The molecule has 1 atom stereocenters. The lowest BCUT2D eigenvalue weighted by molar-refractivity contribution is -0.167. The zero-order valence-corrected chi connectivity index (χ0v) is 49.0. The van der Waals surface area contributed by atoms with E-state index in [-0.39, 0.29) is 31.1 Å². The largest absolute Gasteiger partial charge is 0.462 e.